The zero-order valence-corrected chi connectivity index (χ0v) is 23.0. The molecule has 9 nitrogen and oxygen atoms in total. The summed E-state index contributed by atoms with van der Waals surface area (Å²) in [6.07, 6.45) is 10.9. The lowest BCUT2D eigenvalue weighted by Crippen LogP contribution is -2.51. The van der Waals surface area contributed by atoms with E-state index in [0.29, 0.717) is 11.6 Å². The lowest BCUT2D eigenvalue weighted by molar-refractivity contribution is 0.105. The summed E-state index contributed by atoms with van der Waals surface area (Å²) in [5, 5.41) is 10.8. The molecule has 1 heterocycles. The number of hydrogen-bond acceptors (Lipinski definition) is 7. The van der Waals surface area contributed by atoms with E-state index >= 15 is 0 Å². The summed E-state index contributed by atoms with van der Waals surface area (Å²) in [5.41, 5.74) is 5.48. The molecular formula is C25H40N6O3S2. The molecular weight excluding hydrogens is 496 g/mol. The fraction of sp³-hybridized carbons (Fsp3) is 0.640. The number of nitrogens with zero attached hydrogens (tertiary/aromatic N) is 3. The molecule has 4 N–H and O–H groups in total. The van der Waals surface area contributed by atoms with Crippen LogP contribution in [0.1, 0.15) is 78.1 Å². The largest absolute Gasteiger partial charge is 0.330 e. The molecule has 200 valence electrons. The van der Waals surface area contributed by atoms with E-state index in [4.69, 9.17) is 5.73 Å². The Morgan fingerprint density at radius 1 is 1.03 bits per heavy atom. The van der Waals surface area contributed by atoms with E-state index in [0.717, 1.165) is 75.7 Å². The van der Waals surface area contributed by atoms with Crippen molar-refractivity contribution < 1.29 is 13.2 Å². The highest BCUT2D eigenvalue weighted by Crippen LogP contribution is 2.33. The molecule has 0 atom stereocenters. The molecule has 11 heteroatoms. The molecule has 0 unspecified atom stereocenters. The van der Waals surface area contributed by atoms with Crippen LogP contribution < -0.4 is 15.8 Å². The van der Waals surface area contributed by atoms with Crippen LogP contribution in [0.2, 0.25) is 0 Å². The van der Waals surface area contributed by atoms with Gasteiger partial charge in [0.15, 0.2) is 0 Å². The first-order valence-electron chi connectivity index (χ1n) is 13.0. The summed E-state index contributed by atoms with van der Waals surface area (Å²) in [5.74, 6) is 0.704. The molecule has 0 bridgehead atoms. The van der Waals surface area contributed by atoms with Gasteiger partial charge in [0.25, 0.3) is 14.4 Å². The van der Waals surface area contributed by atoms with Crippen molar-refractivity contribution in [2.45, 2.75) is 94.5 Å². The third kappa shape index (κ3) is 8.14. The maximum absolute atomic E-state index is 13.3. The van der Waals surface area contributed by atoms with E-state index in [2.05, 4.69) is 34.1 Å². The zero-order valence-electron chi connectivity index (χ0n) is 21.4. The Balaban J connectivity index is 0.000000840. The van der Waals surface area contributed by atoms with Crippen LogP contribution in [0.15, 0.2) is 34.7 Å². The van der Waals surface area contributed by atoms with Gasteiger partial charge in [0.2, 0.25) is 5.13 Å². The second-order valence-corrected chi connectivity index (χ2v) is 12.5. The van der Waals surface area contributed by atoms with Crippen LogP contribution in [0.5, 0.6) is 0 Å². The minimum Gasteiger partial charge on any atom is -0.330 e. The van der Waals surface area contributed by atoms with Gasteiger partial charge in [0, 0.05) is 17.8 Å². The van der Waals surface area contributed by atoms with Crippen molar-refractivity contribution in [1.82, 2.24) is 15.1 Å². The lowest BCUT2D eigenvalue weighted by Gasteiger charge is -2.42. The molecule has 2 saturated carbocycles. The summed E-state index contributed by atoms with van der Waals surface area (Å²) in [4.78, 5) is 15.4. The van der Waals surface area contributed by atoms with Gasteiger partial charge in [0.1, 0.15) is 0 Å². The molecule has 2 aromatic rings. The molecule has 4 rings (SSSR count). The van der Waals surface area contributed by atoms with Crippen LogP contribution in [-0.4, -0.2) is 48.2 Å². The van der Waals surface area contributed by atoms with Gasteiger partial charge < -0.3 is 10.6 Å². The number of para-hydroxylation sites is 1. The summed E-state index contributed by atoms with van der Waals surface area (Å²) < 4.78 is 27.6. The average molecular weight is 537 g/mol. The summed E-state index contributed by atoms with van der Waals surface area (Å²) in [6.45, 7) is 5.15. The Morgan fingerprint density at radius 2 is 1.64 bits per heavy atom. The highest BCUT2D eigenvalue weighted by molar-refractivity contribution is 7.94. The number of anilines is 2. The second kappa shape index (κ2) is 13.9. The molecule has 36 heavy (non-hydrogen) atoms. The smallest absolute Gasteiger partial charge is 0.324 e. The number of aromatic nitrogens is 2. The van der Waals surface area contributed by atoms with Crippen LogP contribution in [0.25, 0.3) is 0 Å². The average Bonchev–Trinajstić information content (AvgIpc) is 3.36. The van der Waals surface area contributed by atoms with Crippen molar-refractivity contribution >= 4 is 38.2 Å². The zero-order chi connectivity index (χ0) is 26.0. The number of nitrogens with one attached hydrogen (secondary N) is 2. The quantitative estimate of drug-likeness (QED) is 0.404. The molecule has 2 aliphatic rings. The standard InChI is InChI=1S/C22H31N5O3S2.C3H9N/c1-16-12-14-19(15-13-16)27(18-10-6-3-7-11-18)21(28)23-20-24-25-22(31-20)32(29,30)26-17-8-4-2-5-9-17;1-2-3-4/h2,4-5,8-9,16,18-19,26H,3,6-7,10-15H2,1H3,(H,23,24,28);2-4H2,1H3. The first-order chi connectivity index (χ1) is 17.3. The first kappa shape index (κ1) is 28.3. The maximum atomic E-state index is 13.3. The van der Waals surface area contributed by atoms with Gasteiger partial charge in [-0.3, -0.25) is 10.0 Å². The number of urea groups is 1. The SMILES string of the molecule is CC1CCC(N(C(=O)Nc2nnc(S(=O)(=O)Nc3ccccc3)s2)C2CCCCC2)CC1.CCCN. The normalized spacial score (nSPS) is 20.6. The summed E-state index contributed by atoms with van der Waals surface area (Å²) >= 11 is 0.867. The Labute approximate surface area is 219 Å². The third-order valence-corrected chi connectivity index (χ3v) is 9.33. The van der Waals surface area contributed by atoms with Gasteiger partial charge in [-0.05, 0) is 69.5 Å². The Kier molecular flexibility index (Phi) is 10.9. The van der Waals surface area contributed by atoms with Crippen LogP contribution in [-0.2, 0) is 10.0 Å². The molecule has 2 amide bonds. The van der Waals surface area contributed by atoms with Gasteiger partial charge in [-0.1, -0.05) is 62.6 Å². The number of amides is 2. The summed E-state index contributed by atoms with van der Waals surface area (Å²) in [7, 11) is -3.87. The Morgan fingerprint density at radius 3 is 2.25 bits per heavy atom. The molecule has 0 radical (unpaired) electrons. The van der Waals surface area contributed by atoms with Gasteiger partial charge in [-0.25, -0.2) is 4.79 Å². The highest BCUT2D eigenvalue weighted by Gasteiger charge is 2.34. The fourth-order valence-electron chi connectivity index (χ4n) is 4.74. The van der Waals surface area contributed by atoms with Gasteiger partial charge >= 0.3 is 6.03 Å². The number of sulfonamides is 1. The molecule has 0 spiro atoms. The third-order valence-electron chi connectivity index (χ3n) is 6.75. The van der Waals surface area contributed by atoms with Crippen molar-refractivity contribution in [3.8, 4) is 0 Å². The number of carbonyl (C=O) groups is 1. The molecule has 1 aromatic carbocycles. The number of rotatable bonds is 7. The maximum Gasteiger partial charge on any atom is 0.324 e. The predicted octanol–water partition coefficient (Wildman–Crippen LogP) is 5.44. The van der Waals surface area contributed by atoms with Crippen molar-refractivity contribution in [1.29, 1.82) is 0 Å². The monoisotopic (exact) mass is 536 g/mol. The molecule has 1 aromatic heterocycles. The second-order valence-electron chi connectivity index (χ2n) is 9.68. The van der Waals surface area contributed by atoms with E-state index < -0.39 is 10.0 Å². The van der Waals surface area contributed by atoms with Gasteiger partial charge in [0.05, 0.1) is 0 Å². The number of nitrogens with two attached hydrogens (primary N) is 1. The predicted molar refractivity (Wildman–Crippen MR) is 146 cm³/mol. The lowest BCUT2D eigenvalue weighted by atomic mass is 9.84. The van der Waals surface area contributed by atoms with Crippen LogP contribution in [0, 0.1) is 5.92 Å². The van der Waals surface area contributed by atoms with Crippen LogP contribution in [0.3, 0.4) is 0 Å². The van der Waals surface area contributed by atoms with Crippen LogP contribution >= 0.6 is 11.3 Å². The highest BCUT2D eigenvalue weighted by atomic mass is 32.2. The number of benzene rings is 1. The van der Waals surface area contributed by atoms with Crippen molar-refractivity contribution in [3.63, 3.8) is 0 Å². The topological polar surface area (TPSA) is 130 Å². The van der Waals surface area contributed by atoms with Crippen LogP contribution in [0.4, 0.5) is 15.6 Å². The molecule has 0 aliphatic heterocycles. The summed E-state index contributed by atoms with van der Waals surface area (Å²) in [6, 6.07) is 8.89. The van der Waals surface area contributed by atoms with E-state index in [9.17, 15) is 13.2 Å². The number of carbonyl (C=O) groups excluding carboxylic acids is 1. The fourth-order valence-corrected chi connectivity index (χ4v) is 6.69. The molecule has 2 aliphatic carbocycles. The van der Waals surface area contributed by atoms with Gasteiger partial charge in [-0.15, -0.1) is 10.2 Å². The van der Waals surface area contributed by atoms with Crippen molar-refractivity contribution in [2.75, 3.05) is 16.6 Å². The molecule has 2 fully saturated rings. The molecule has 0 saturated heterocycles. The first-order valence-corrected chi connectivity index (χ1v) is 15.3. The van der Waals surface area contributed by atoms with Crippen molar-refractivity contribution in [3.05, 3.63) is 30.3 Å². The minimum absolute atomic E-state index is 0.174. The van der Waals surface area contributed by atoms with Crippen molar-refractivity contribution in [2.24, 2.45) is 11.7 Å². The Bertz CT molecular complexity index is 1030. The van der Waals surface area contributed by atoms with Gasteiger partial charge in [-0.2, -0.15) is 8.42 Å². The number of hydrogen-bond donors (Lipinski definition) is 3. The van der Waals surface area contributed by atoms with E-state index in [1.807, 2.05) is 4.90 Å². The van der Waals surface area contributed by atoms with E-state index in [1.54, 1.807) is 30.3 Å². The Hall–Kier alpha value is -2.24. The van der Waals surface area contributed by atoms with E-state index in [1.165, 1.54) is 6.42 Å². The van der Waals surface area contributed by atoms with E-state index in [-0.39, 0.29) is 27.6 Å². The minimum atomic E-state index is -3.87.